The lowest BCUT2D eigenvalue weighted by atomic mass is 10.2. The van der Waals surface area contributed by atoms with Crippen molar-refractivity contribution in [1.82, 2.24) is 25.4 Å². The Bertz CT molecular complexity index is 776. The van der Waals surface area contributed by atoms with Crippen molar-refractivity contribution in [2.24, 2.45) is 4.99 Å². The van der Waals surface area contributed by atoms with Crippen LogP contribution in [-0.4, -0.2) is 39.9 Å². The second-order valence-electron chi connectivity index (χ2n) is 6.91. The van der Waals surface area contributed by atoms with E-state index in [9.17, 15) is 0 Å². The number of rotatable bonds is 7. The predicted octanol–water partition coefficient (Wildman–Crippen LogP) is 3.06. The monoisotopic (exact) mass is 498 g/mol. The normalized spacial score (nSPS) is 14.6. The van der Waals surface area contributed by atoms with Crippen LogP contribution < -0.4 is 15.4 Å². The molecule has 1 aromatic carbocycles. The summed E-state index contributed by atoms with van der Waals surface area (Å²) in [5, 5.41) is 15.2. The maximum atomic E-state index is 6.03. The number of nitrogens with one attached hydrogen (secondary N) is 2. The lowest BCUT2D eigenvalue weighted by molar-refractivity contribution is 0.222. The van der Waals surface area contributed by atoms with Crippen molar-refractivity contribution in [2.75, 3.05) is 13.1 Å². The summed E-state index contributed by atoms with van der Waals surface area (Å²) < 4.78 is 8.24. The van der Waals surface area contributed by atoms with Gasteiger partial charge in [-0.1, -0.05) is 18.2 Å². The Kier molecular flexibility index (Phi) is 9.01. The van der Waals surface area contributed by atoms with Gasteiger partial charge in [0.15, 0.2) is 11.8 Å². The summed E-state index contributed by atoms with van der Waals surface area (Å²) in [7, 11) is 0. The second kappa shape index (κ2) is 11.2. The van der Waals surface area contributed by atoms with E-state index in [4.69, 9.17) is 4.74 Å². The van der Waals surface area contributed by atoms with Crippen LogP contribution in [0.15, 0.2) is 29.3 Å². The Labute approximate surface area is 184 Å². The van der Waals surface area contributed by atoms with Gasteiger partial charge >= 0.3 is 0 Å². The van der Waals surface area contributed by atoms with Crippen LogP contribution in [0.4, 0.5) is 0 Å². The number of ether oxygens (including phenoxy) is 1. The first-order valence-electron chi connectivity index (χ1n) is 9.82. The van der Waals surface area contributed by atoms with Crippen LogP contribution in [0.2, 0.25) is 0 Å². The van der Waals surface area contributed by atoms with Gasteiger partial charge < -0.3 is 19.9 Å². The van der Waals surface area contributed by atoms with Gasteiger partial charge in [0.2, 0.25) is 0 Å². The zero-order valence-electron chi connectivity index (χ0n) is 16.9. The Morgan fingerprint density at radius 1 is 1.25 bits per heavy atom. The predicted molar refractivity (Wildman–Crippen MR) is 122 cm³/mol. The van der Waals surface area contributed by atoms with E-state index < -0.39 is 0 Å². The number of benzene rings is 1. The molecule has 8 heteroatoms. The minimum absolute atomic E-state index is 0. The van der Waals surface area contributed by atoms with Gasteiger partial charge in [-0.25, -0.2) is 4.99 Å². The number of aromatic nitrogens is 3. The van der Waals surface area contributed by atoms with E-state index in [0.717, 1.165) is 48.4 Å². The maximum Gasteiger partial charge on any atom is 0.191 e. The molecule has 2 N–H and O–H groups in total. The lowest BCUT2D eigenvalue weighted by Crippen LogP contribution is -2.41. The molecule has 2 heterocycles. The quantitative estimate of drug-likeness (QED) is 0.349. The molecule has 0 fully saturated rings. The molecule has 3 rings (SSSR count). The second-order valence-corrected chi connectivity index (χ2v) is 6.91. The van der Waals surface area contributed by atoms with Crippen LogP contribution in [0, 0.1) is 6.92 Å². The highest BCUT2D eigenvalue weighted by Gasteiger charge is 2.15. The van der Waals surface area contributed by atoms with Gasteiger partial charge in [-0.2, -0.15) is 0 Å². The van der Waals surface area contributed by atoms with E-state index >= 15 is 0 Å². The Balaban J connectivity index is 0.00000280. The highest BCUT2D eigenvalue weighted by molar-refractivity contribution is 14.0. The fourth-order valence-electron chi connectivity index (χ4n) is 3.16. The third-order valence-electron chi connectivity index (χ3n) is 4.64. The van der Waals surface area contributed by atoms with Crippen molar-refractivity contribution in [3.63, 3.8) is 0 Å². The molecule has 0 aliphatic carbocycles. The molecule has 28 heavy (non-hydrogen) atoms. The summed E-state index contributed by atoms with van der Waals surface area (Å²) in [6.45, 7) is 9.16. The minimum atomic E-state index is 0. The molecular formula is C20H31IN6O. The Morgan fingerprint density at radius 3 is 2.86 bits per heavy atom. The number of para-hydroxylation sites is 1. The van der Waals surface area contributed by atoms with Gasteiger partial charge in [-0.15, -0.1) is 34.2 Å². The standard InChI is InChI=1S/C20H30N6O.HI/c1-4-21-20(22-13-16(3)27-17-10-6-5-9-15(17)2)23-14-19-25-24-18-11-7-8-12-26(18)19;/h5-6,9-10,16H,4,7-8,11-14H2,1-3H3,(H2,21,22,23);1H. The van der Waals surface area contributed by atoms with Crippen LogP contribution in [0.3, 0.4) is 0 Å². The van der Waals surface area contributed by atoms with Crippen LogP contribution in [0.25, 0.3) is 0 Å². The van der Waals surface area contributed by atoms with Crippen LogP contribution in [0.5, 0.6) is 5.75 Å². The van der Waals surface area contributed by atoms with Crippen LogP contribution in [-0.2, 0) is 19.5 Å². The third kappa shape index (κ3) is 6.08. The summed E-state index contributed by atoms with van der Waals surface area (Å²) in [4.78, 5) is 4.68. The van der Waals surface area contributed by atoms with Crippen LogP contribution >= 0.6 is 24.0 Å². The number of aliphatic imine (C=N–C) groups is 1. The molecule has 1 aliphatic rings. The molecule has 0 saturated carbocycles. The van der Waals surface area contributed by atoms with E-state index in [1.165, 1.54) is 12.8 Å². The topological polar surface area (TPSA) is 76.4 Å². The SMILES string of the molecule is CCNC(=NCc1nnc2n1CCCC2)NCC(C)Oc1ccccc1C.I. The zero-order chi connectivity index (χ0) is 19.1. The molecule has 1 atom stereocenters. The number of nitrogens with zero attached hydrogens (tertiary/aromatic N) is 4. The summed E-state index contributed by atoms with van der Waals surface area (Å²) in [5.41, 5.74) is 1.14. The zero-order valence-corrected chi connectivity index (χ0v) is 19.3. The van der Waals surface area contributed by atoms with Gasteiger partial charge in [-0.3, -0.25) is 0 Å². The molecular weight excluding hydrogens is 467 g/mol. The Morgan fingerprint density at radius 2 is 2.07 bits per heavy atom. The van der Waals surface area contributed by atoms with Gasteiger partial charge in [0.25, 0.3) is 0 Å². The first-order chi connectivity index (χ1) is 13.2. The van der Waals surface area contributed by atoms with Gasteiger partial charge in [0.1, 0.15) is 24.2 Å². The fraction of sp³-hybridized carbons (Fsp3) is 0.550. The number of halogens is 1. The molecule has 0 bridgehead atoms. The van der Waals surface area contributed by atoms with Crippen molar-refractivity contribution >= 4 is 29.9 Å². The lowest BCUT2D eigenvalue weighted by Gasteiger charge is -2.19. The van der Waals surface area contributed by atoms with Gasteiger partial charge in [0, 0.05) is 19.5 Å². The maximum absolute atomic E-state index is 6.03. The van der Waals surface area contributed by atoms with Gasteiger partial charge in [-0.05, 0) is 45.2 Å². The fourth-order valence-corrected chi connectivity index (χ4v) is 3.16. The van der Waals surface area contributed by atoms with Gasteiger partial charge in [0.05, 0.1) is 6.54 Å². The molecule has 1 unspecified atom stereocenters. The molecule has 2 aromatic rings. The summed E-state index contributed by atoms with van der Waals surface area (Å²) in [6, 6.07) is 8.07. The highest BCUT2D eigenvalue weighted by atomic mass is 127. The van der Waals surface area contributed by atoms with E-state index in [1.54, 1.807) is 0 Å². The average molecular weight is 498 g/mol. The molecule has 154 valence electrons. The van der Waals surface area contributed by atoms with E-state index in [0.29, 0.717) is 13.1 Å². The number of fused-ring (bicyclic) bond motifs is 1. The molecule has 7 nitrogen and oxygen atoms in total. The minimum Gasteiger partial charge on any atom is -0.489 e. The molecule has 0 amide bonds. The van der Waals surface area contributed by atoms with Crippen molar-refractivity contribution < 1.29 is 4.74 Å². The summed E-state index contributed by atoms with van der Waals surface area (Å²) >= 11 is 0. The average Bonchev–Trinajstić information content (AvgIpc) is 3.09. The first kappa shape index (κ1) is 22.4. The first-order valence-corrected chi connectivity index (χ1v) is 9.82. The van der Waals surface area contributed by atoms with Crippen molar-refractivity contribution in [2.45, 2.75) is 59.2 Å². The van der Waals surface area contributed by atoms with Crippen molar-refractivity contribution in [1.29, 1.82) is 0 Å². The third-order valence-corrected chi connectivity index (χ3v) is 4.64. The molecule has 1 aromatic heterocycles. The number of hydrogen-bond donors (Lipinski definition) is 2. The van der Waals surface area contributed by atoms with E-state index in [1.807, 2.05) is 18.2 Å². The van der Waals surface area contributed by atoms with Crippen LogP contribution in [0.1, 0.15) is 43.9 Å². The van der Waals surface area contributed by atoms with E-state index in [2.05, 4.69) is 57.2 Å². The molecule has 0 saturated heterocycles. The summed E-state index contributed by atoms with van der Waals surface area (Å²) in [5.74, 6) is 3.71. The van der Waals surface area contributed by atoms with Crippen molar-refractivity contribution in [3.8, 4) is 5.75 Å². The molecule has 0 radical (unpaired) electrons. The molecule has 1 aliphatic heterocycles. The number of aryl methyl sites for hydroxylation is 2. The van der Waals surface area contributed by atoms with Crippen molar-refractivity contribution in [3.05, 3.63) is 41.5 Å². The highest BCUT2D eigenvalue weighted by Crippen LogP contribution is 2.17. The largest absolute Gasteiger partial charge is 0.489 e. The Hall–Kier alpha value is -1.84. The number of hydrogen-bond acceptors (Lipinski definition) is 4. The molecule has 0 spiro atoms. The number of guanidine groups is 1. The smallest absolute Gasteiger partial charge is 0.191 e. The van der Waals surface area contributed by atoms with E-state index in [-0.39, 0.29) is 30.1 Å². The summed E-state index contributed by atoms with van der Waals surface area (Å²) in [6.07, 6.45) is 3.43.